The number of carbonyl (C=O) groups excluding carboxylic acids is 1. The molecule has 0 saturated heterocycles. The highest BCUT2D eigenvalue weighted by molar-refractivity contribution is 9.10. The Labute approximate surface area is 132 Å². The number of halogens is 1. The van der Waals surface area contributed by atoms with E-state index >= 15 is 0 Å². The molecule has 0 saturated carbocycles. The number of H-pyrrole nitrogens is 1. The minimum atomic E-state index is -0.467. The Bertz CT molecular complexity index is 727. The molecule has 112 valence electrons. The second kappa shape index (κ2) is 4.83. The van der Waals surface area contributed by atoms with Crippen molar-refractivity contribution in [2.75, 3.05) is 0 Å². The van der Waals surface area contributed by atoms with E-state index in [0.717, 1.165) is 29.6 Å². The highest BCUT2D eigenvalue weighted by Crippen LogP contribution is 2.38. The molecular weight excluding hydrogens is 330 g/mol. The van der Waals surface area contributed by atoms with Crippen LogP contribution in [-0.4, -0.2) is 15.9 Å². The van der Waals surface area contributed by atoms with Crippen LogP contribution in [0.25, 0.3) is 11.0 Å². The van der Waals surface area contributed by atoms with Gasteiger partial charge >= 0.3 is 0 Å². The van der Waals surface area contributed by atoms with Crippen LogP contribution in [-0.2, 0) is 12.8 Å². The molecular formula is C16H20BrN3O. The molecule has 2 heterocycles. The van der Waals surface area contributed by atoms with Gasteiger partial charge in [-0.25, -0.2) is 4.98 Å². The first-order valence-electron chi connectivity index (χ1n) is 7.27. The number of rotatable bonds is 1. The monoisotopic (exact) mass is 349 g/mol. The SMILES string of the molecule is CC(C)(C)C1CCc2nc3c(Br)c(C(N)=O)[nH]c3cc2C1. The Morgan fingerprint density at radius 2 is 2.19 bits per heavy atom. The molecule has 0 fully saturated rings. The van der Waals surface area contributed by atoms with E-state index in [4.69, 9.17) is 10.7 Å². The van der Waals surface area contributed by atoms with Crippen molar-refractivity contribution in [3.8, 4) is 0 Å². The lowest BCUT2D eigenvalue weighted by Crippen LogP contribution is -2.27. The van der Waals surface area contributed by atoms with Crippen LogP contribution in [0.2, 0.25) is 0 Å². The van der Waals surface area contributed by atoms with Gasteiger partial charge in [-0.1, -0.05) is 20.8 Å². The van der Waals surface area contributed by atoms with E-state index in [-0.39, 0.29) is 0 Å². The fourth-order valence-corrected chi connectivity index (χ4v) is 3.74. The van der Waals surface area contributed by atoms with E-state index in [1.807, 2.05) is 0 Å². The zero-order valence-corrected chi connectivity index (χ0v) is 14.2. The van der Waals surface area contributed by atoms with Crippen LogP contribution in [0.15, 0.2) is 10.5 Å². The van der Waals surface area contributed by atoms with Crippen LogP contribution in [0, 0.1) is 11.3 Å². The van der Waals surface area contributed by atoms with E-state index in [1.165, 1.54) is 12.0 Å². The summed E-state index contributed by atoms with van der Waals surface area (Å²) in [6, 6.07) is 2.13. The quantitative estimate of drug-likeness (QED) is 0.825. The first kappa shape index (κ1) is 14.6. The van der Waals surface area contributed by atoms with E-state index in [2.05, 4.69) is 47.8 Å². The van der Waals surface area contributed by atoms with Crippen molar-refractivity contribution in [1.82, 2.24) is 9.97 Å². The first-order chi connectivity index (χ1) is 9.77. The zero-order chi connectivity index (χ0) is 15.4. The van der Waals surface area contributed by atoms with Gasteiger partial charge < -0.3 is 10.7 Å². The summed E-state index contributed by atoms with van der Waals surface area (Å²) in [5.41, 5.74) is 10.2. The third-order valence-electron chi connectivity index (χ3n) is 4.55. The summed E-state index contributed by atoms with van der Waals surface area (Å²) in [5.74, 6) is 0.198. The van der Waals surface area contributed by atoms with E-state index < -0.39 is 5.91 Å². The molecule has 21 heavy (non-hydrogen) atoms. The number of nitrogens with one attached hydrogen (secondary N) is 1. The second-order valence-electron chi connectivity index (χ2n) is 6.97. The number of hydrogen-bond acceptors (Lipinski definition) is 2. The lowest BCUT2D eigenvalue weighted by Gasteiger charge is -2.34. The molecule has 4 nitrogen and oxygen atoms in total. The Balaban J connectivity index is 2.08. The molecule has 2 aromatic rings. The lowest BCUT2D eigenvalue weighted by molar-refractivity contribution is 0.0995. The Morgan fingerprint density at radius 1 is 1.48 bits per heavy atom. The van der Waals surface area contributed by atoms with Gasteiger partial charge in [0.05, 0.1) is 9.99 Å². The zero-order valence-electron chi connectivity index (χ0n) is 12.6. The second-order valence-corrected chi connectivity index (χ2v) is 7.77. The van der Waals surface area contributed by atoms with Crippen LogP contribution in [0.5, 0.6) is 0 Å². The topological polar surface area (TPSA) is 71.8 Å². The number of pyridine rings is 1. The van der Waals surface area contributed by atoms with Gasteiger partial charge in [-0.3, -0.25) is 4.79 Å². The molecule has 1 aliphatic carbocycles. The number of carbonyl (C=O) groups is 1. The molecule has 3 N–H and O–H groups in total. The maximum absolute atomic E-state index is 11.4. The standard InChI is InChI=1S/C16H20BrN3O/c1-16(2,3)9-4-5-10-8(6-9)7-11-13(19-10)12(17)14(20-11)15(18)21/h7,9,20H,4-6H2,1-3H3,(H2,18,21). The normalized spacial score (nSPS) is 18.8. The lowest BCUT2D eigenvalue weighted by atomic mass is 9.71. The summed E-state index contributed by atoms with van der Waals surface area (Å²) in [4.78, 5) is 19.3. The van der Waals surface area contributed by atoms with E-state index in [9.17, 15) is 4.79 Å². The number of primary amides is 1. The van der Waals surface area contributed by atoms with Crippen molar-refractivity contribution < 1.29 is 4.79 Å². The fourth-order valence-electron chi connectivity index (χ4n) is 3.14. The molecule has 1 unspecified atom stereocenters. The van der Waals surface area contributed by atoms with Crippen LogP contribution in [0.4, 0.5) is 0 Å². The van der Waals surface area contributed by atoms with E-state index in [0.29, 0.717) is 21.5 Å². The summed E-state index contributed by atoms with van der Waals surface area (Å²) in [7, 11) is 0. The predicted octanol–water partition coefficient (Wildman–Crippen LogP) is 3.58. The molecule has 0 radical (unpaired) electrons. The van der Waals surface area contributed by atoms with Crippen molar-refractivity contribution in [3.63, 3.8) is 0 Å². The molecule has 1 atom stereocenters. The largest absolute Gasteiger partial charge is 0.364 e. The number of fused-ring (bicyclic) bond motifs is 2. The van der Waals surface area contributed by atoms with Crippen molar-refractivity contribution in [2.45, 2.75) is 40.0 Å². The Morgan fingerprint density at radius 3 is 2.81 bits per heavy atom. The van der Waals surface area contributed by atoms with Gasteiger partial charge in [0, 0.05) is 5.69 Å². The number of aromatic amines is 1. The number of aryl methyl sites for hydroxylation is 1. The highest BCUT2D eigenvalue weighted by atomic mass is 79.9. The highest BCUT2D eigenvalue weighted by Gasteiger charge is 2.30. The molecule has 0 aliphatic heterocycles. The average molecular weight is 350 g/mol. The molecule has 1 aliphatic rings. The van der Waals surface area contributed by atoms with Crippen molar-refractivity contribution in [1.29, 1.82) is 0 Å². The number of amides is 1. The molecule has 5 heteroatoms. The summed E-state index contributed by atoms with van der Waals surface area (Å²) < 4.78 is 0.672. The first-order valence-corrected chi connectivity index (χ1v) is 8.06. The Kier molecular flexibility index (Phi) is 3.35. The summed E-state index contributed by atoms with van der Waals surface area (Å²) in [6.45, 7) is 6.89. The van der Waals surface area contributed by atoms with Gasteiger partial charge in [-0.15, -0.1) is 0 Å². The van der Waals surface area contributed by atoms with Gasteiger partial charge in [-0.2, -0.15) is 0 Å². The molecule has 0 bridgehead atoms. The summed E-state index contributed by atoms with van der Waals surface area (Å²) >= 11 is 3.43. The van der Waals surface area contributed by atoms with Crippen LogP contribution in [0.1, 0.15) is 48.9 Å². The Hall–Kier alpha value is -1.36. The molecule has 2 aromatic heterocycles. The van der Waals surface area contributed by atoms with E-state index in [1.54, 1.807) is 0 Å². The van der Waals surface area contributed by atoms with Crippen molar-refractivity contribution in [3.05, 3.63) is 27.5 Å². The minimum absolute atomic E-state index is 0.307. The third-order valence-corrected chi connectivity index (χ3v) is 5.32. The van der Waals surface area contributed by atoms with Gasteiger partial charge in [0.25, 0.3) is 5.91 Å². The van der Waals surface area contributed by atoms with Gasteiger partial charge in [0.2, 0.25) is 0 Å². The minimum Gasteiger partial charge on any atom is -0.364 e. The smallest absolute Gasteiger partial charge is 0.266 e. The maximum atomic E-state index is 11.4. The van der Waals surface area contributed by atoms with Crippen LogP contribution < -0.4 is 5.73 Å². The van der Waals surface area contributed by atoms with Crippen LogP contribution in [0.3, 0.4) is 0 Å². The van der Waals surface area contributed by atoms with Gasteiger partial charge in [0.1, 0.15) is 11.2 Å². The van der Waals surface area contributed by atoms with Gasteiger partial charge in [-0.05, 0) is 58.2 Å². The number of nitrogens with zero attached hydrogens (tertiary/aromatic N) is 1. The van der Waals surface area contributed by atoms with Crippen molar-refractivity contribution in [2.24, 2.45) is 17.1 Å². The molecule has 0 spiro atoms. The fraction of sp³-hybridized carbons (Fsp3) is 0.500. The number of aromatic nitrogens is 2. The molecule has 0 aromatic carbocycles. The number of nitrogens with two attached hydrogens (primary N) is 1. The average Bonchev–Trinajstić information content (AvgIpc) is 2.72. The molecule has 1 amide bonds. The number of hydrogen-bond donors (Lipinski definition) is 2. The molecule has 3 rings (SSSR count). The van der Waals surface area contributed by atoms with Crippen molar-refractivity contribution >= 4 is 32.9 Å². The van der Waals surface area contributed by atoms with Crippen LogP contribution >= 0.6 is 15.9 Å². The summed E-state index contributed by atoms with van der Waals surface area (Å²) in [6.07, 6.45) is 3.21. The third kappa shape index (κ3) is 2.48. The van der Waals surface area contributed by atoms with Gasteiger partial charge in [0.15, 0.2) is 0 Å². The maximum Gasteiger partial charge on any atom is 0.266 e. The predicted molar refractivity (Wildman–Crippen MR) is 87.3 cm³/mol. The summed E-state index contributed by atoms with van der Waals surface area (Å²) in [5, 5.41) is 0.